The van der Waals surface area contributed by atoms with Crippen LogP contribution in [0.15, 0.2) is 23.2 Å². The lowest BCUT2D eigenvalue weighted by Crippen LogP contribution is -2.32. The average molecular weight is 274 g/mol. The van der Waals surface area contributed by atoms with E-state index in [-0.39, 0.29) is 0 Å². The molecule has 0 aliphatic carbocycles. The van der Waals surface area contributed by atoms with Gasteiger partial charge in [-0.2, -0.15) is 0 Å². The van der Waals surface area contributed by atoms with Crippen molar-refractivity contribution >= 4 is 11.6 Å². The van der Waals surface area contributed by atoms with E-state index in [2.05, 4.69) is 54.3 Å². The number of likely N-dealkylation sites (tertiary alicyclic amines) is 1. The number of hydrogen-bond donors (Lipinski definition) is 2. The number of hydrogen-bond acceptors (Lipinski definition) is 2. The van der Waals surface area contributed by atoms with Crippen LogP contribution in [0.3, 0.4) is 0 Å². The molecule has 1 saturated heterocycles. The Morgan fingerprint density at radius 3 is 2.45 bits per heavy atom. The monoisotopic (exact) mass is 274 g/mol. The highest BCUT2D eigenvalue weighted by molar-refractivity contribution is 5.92. The van der Waals surface area contributed by atoms with Crippen molar-refractivity contribution in [1.82, 2.24) is 4.90 Å². The van der Waals surface area contributed by atoms with Crippen LogP contribution in [0.25, 0.3) is 0 Å². The summed E-state index contributed by atoms with van der Waals surface area (Å²) >= 11 is 0. The second kappa shape index (κ2) is 6.75. The van der Waals surface area contributed by atoms with Gasteiger partial charge in [-0.05, 0) is 76.0 Å². The maximum absolute atomic E-state index is 5.98. The Morgan fingerprint density at radius 2 is 1.85 bits per heavy atom. The summed E-state index contributed by atoms with van der Waals surface area (Å²) in [6.45, 7) is 7.35. The van der Waals surface area contributed by atoms with Crippen molar-refractivity contribution in [2.24, 2.45) is 16.6 Å². The lowest BCUT2D eigenvalue weighted by atomic mass is 9.97. The number of piperidine rings is 1. The summed E-state index contributed by atoms with van der Waals surface area (Å²) in [4.78, 5) is 6.86. The number of anilines is 1. The fraction of sp³-hybridized carbons (Fsp3) is 0.562. The van der Waals surface area contributed by atoms with E-state index in [4.69, 9.17) is 5.73 Å². The van der Waals surface area contributed by atoms with Crippen LogP contribution >= 0.6 is 0 Å². The first kappa shape index (κ1) is 14.9. The number of guanidine groups is 1. The molecule has 0 bridgehead atoms. The molecule has 1 aliphatic rings. The number of aryl methyl sites for hydroxylation is 2. The van der Waals surface area contributed by atoms with Crippen molar-refractivity contribution in [2.75, 3.05) is 32.0 Å². The molecule has 0 radical (unpaired) electrons. The maximum Gasteiger partial charge on any atom is 0.193 e. The van der Waals surface area contributed by atoms with Crippen molar-refractivity contribution in [1.29, 1.82) is 0 Å². The van der Waals surface area contributed by atoms with Crippen LogP contribution < -0.4 is 11.1 Å². The van der Waals surface area contributed by atoms with E-state index in [1.165, 1.54) is 37.1 Å². The highest BCUT2D eigenvalue weighted by Crippen LogP contribution is 2.16. The van der Waals surface area contributed by atoms with E-state index in [1.54, 1.807) is 0 Å². The van der Waals surface area contributed by atoms with Crippen LogP contribution in [0, 0.1) is 19.8 Å². The Balaban J connectivity index is 1.87. The molecular weight excluding hydrogens is 248 g/mol. The van der Waals surface area contributed by atoms with E-state index >= 15 is 0 Å². The summed E-state index contributed by atoms with van der Waals surface area (Å²) in [5.41, 5.74) is 9.46. The zero-order chi connectivity index (χ0) is 14.5. The lowest BCUT2D eigenvalue weighted by Gasteiger charge is -2.27. The molecule has 4 nitrogen and oxygen atoms in total. The molecule has 0 unspecified atom stereocenters. The molecule has 4 heteroatoms. The molecule has 0 saturated carbocycles. The van der Waals surface area contributed by atoms with E-state index in [9.17, 15) is 0 Å². The van der Waals surface area contributed by atoms with Gasteiger partial charge in [0, 0.05) is 12.2 Å². The third-order valence-corrected chi connectivity index (χ3v) is 3.85. The smallest absolute Gasteiger partial charge is 0.193 e. The first-order valence-electron chi connectivity index (χ1n) is 7.36. The minimum absolute atomic E-state index is 0.522. The molecule has 20 heavy (non-hydrogen) atoms. The van der Waals surface area contributed by atoms with Gasteiger partial charge in [0.1, 0.15) is 0 Å². The van der Waals surface area contributed by atoms with E-state index in [0.29, 0.717) is 11.9 Å². The molecule has 1 aromatic carbocycles. The van der Waals surface area contributed by atoms with Gasteiger partial charge >= 0.3 is 0 Å². The number of rotatable bonds is 3. The Morgan fingerprint density at radius 1 is 1.25 bits per heavy atom. The van der Waals surface area contributed by atoms with Crippen molar-refractivity contribution in [3.8, 4) is 0 Å². The molecule has 0 aromatic heterocycles. The van der Waals surface area contributed by atoms with Gasteiger partial charge < -0.3 is 16.0 Å². The normalized spacial score (nSPS) is 18.2. The molecule has 0 amide bonds. The molecule has 110 valence electrons. The molecule has 1 heterocycles. The van der Waals surface area contributed by atoms with Gasteiger partial charge in [0.15, 0.2) is 5.96 Å². The number of benzene rings is 1. The van der Waals surface area contributed by atoms with Crippen LogP contribution in [-0.4, -0.2) is 37.5 Å². The second-order valence-corrected chi connectivity index (χ2v) is 5.97. The van der Waals surface area contributed by atoms with E-state index in [1.807, 2.05) is 0 Å². The summed E-state index contributed by atoms with van der Waals surface area (Å²) in [7, 11) is 2.18. The van der Waals surface area contributed by atoms with Gasteiger partial charge in [0.05, 0.1) is 0 Å². The third kappa shape index (κ3) is 4.53. The SMILES string of the molecule is Cc1cc(C)cc(NC(N)=NCC2CCN(C)CC2)c1. The molecule has 2 rings (SSSR count). The predicted octanol–water partition coefficient (Wildman–Crippen LogP) is 2.37. The molecule has 1 aromatic rings. The number of aliphatic imine (C=N–C) groups is 1. The predicted molar refractivity (Wildman–Crippen MR) is 86.2 cm³/mol. The Bertz CT molecular complexity index is 453. The summed E-state index contributed by atoms with van der Waals surface area (Å²) in [5, 5.41) is 3.19. The number of nitrogens with one attached hydrogen (secondary N) is 1. The summed E-state index contributed by atoms with van der Waals surface area (Å²) < 4.78 is 0. The van der Waals surface area contributed by atoms with Crippen LogP contribution in [0.2, 0.25) is 0 Å². The van der Waals surface area contributed by atoms with Crippen LogP contribution in [-0.2, 0) is 0 Å². The Labute approximate surface area is 122 Å². The van der Waals surface area contributed by atoms with E-state index < -0.39 is 0 Å². The summed E-state index contributed by atoms with van der Waals surface area (Å²) in [6, 6.07) is 6.33. The van der Waals surface area contributed by atoms with Crippen molar-refractivity contribution in [3.63, 3.8) is 0 Å². The zero-order valence-electron chi connectivity index (χ0n) is 12.8. The molecule has 0 spiro atoms. The lowest BCUT2D eigenvalue weighted by molar-refractivity contribution is 0.224. The van der Waals surface area contributed by atoms with Gasteiger partial charge in [0.2, 0.25) is 0 Å². The quantitative estimate of drug-likeness (QED) is 0.657. The second-order valence-electron chi connectivity index (χ2n) is 5.97. The topological polar surface area (TPSA) is 53.6 Å². The summed E-state index contributed by atoms with van der Waals surface area (Å²) in [6.07, 6.45) is 2.44. The van der Waals surface area contributed by atoms with Gasteiger partial charge in [-0.3, -0.25) is 4.99 Å². The van der Waals surface area contributed by atoms with Crippen LogP contribution in [0.4, 0.5) is 5.69 Å². The van der Waals surface area contributed by atoms with Crippen LogP contribution in [0.1, 0.15) is 24.0 Å². The molecule has 1 aliphatic heterocycles. The van der Waals surface area contributed by atoms with Gasteiger partial charge in [-0.1, -0.05) is 6.07 Å². The largest absolute Gasteiger partial charge is 0.370 e. The number of nitrogens with two attached hydrogens (primary N) is 1. The highest BCUT2D eigenvalue weighted by atomic mass is 15.1. The van der Waals surface area contributed by atoms with Crippen LogP contribution in [0.5, 0.6) is 0 Å². The Kier molecular flexibility index (Phi) is 5.01. The van der Waals surface area contributed by atoms with E-state index in [0.717, 1.165) is 12.2 Å². The molecule has 1 fully saturated rings. The standard InChI is InChI=1S/C16H26N4/c1-12-8-13(2)10-15(9-12)19-16(17)18-11-14-4-6-20(3)7-5-14/h8-10,14H,4-7,11H2,1-3H3,(H3,17,18,19). The van der Waals surface area contributed by atoms with Crippen molar-refractivity contribution in [3.05, 3.63) is 29.3 Å². The molecule has 3 N–H and O–H groups in total. The molecular formula is C16H26N4. The van der Waals surface area contributed by atoms with Crippen molar-refractivity contribution < 1.29 is 0 Å². The summed E-state index contributed by atoms with van der Waals surface area (Å²) in [5.74, 6) is 1.19. The van der Waals surface area contributed by atoms with Gasteiger partial charge in [-0.15, -0.1) is 0 Å². The fourth-order valence-corrected chi connectivity index (χ4v) is 2.71. The minimum Gasteiger partial charge on any atom is -0.370 e. The first-order chi connectivity index (χ1) is 9.52. The van der Waals surface area contributed by atoms with Gasteiger partial charge in [0.25, 0.3) is 0 Å². The third-order valence-electron chi connectivity index (χ3n) is 3.85. The fourth-order valence-electron chi connectivity index (χ4n) is 2.71. The zero-order valence-corrected chi connectivity index (χ0v) is 12.8. The minimum atomic E-state index is 0.522. The highest BCUT2D eigenvalue weighted by Gasteiger charge is 2.15. The van der Waals surface area contributed by atoms with Gasteiger partial charge in [-0.25, -0.2) is 0 Å². The maximum atomic E-state index is 5.98. The van der Waals surface area contributed by atoms with Crippen molar-refractivity contribution in [2.45, 2.75) is 26.7 Å². The Hall–Kier alpha value is -1.55. The average Bonchev–Trinajstić information content (AvgIpc) is 2.37. The number of nitrogens with zero attached hydrogens (tertiary/aromatic N) is 2. The molecule has 0 atom stereocenters. The first-order valence-corrected chi connectivity index (χ1v) is 7.36.